The molecule has 3 heterocycles. The Bertz CT molecular complexity index is 639. The van der Waals surface area contributed by atoms with Gasteiger partial charge in [-0.25, -0.2) is 14.2 Å². The summed E-state index contributed by atoms with van der Waals surface area (Å²) in [5.41, 5.74) is 1.15. The van der Waals surface area contributed by atoms with Gasteiger partial charge in [0.15, 0.2) is 0 Å². The highest BCUT2D eigenvalue weighted by Gasteiger charge is 2.28. The zero-order chi connectivity index (χ0) is 14.8. The Balaban J connectivity index is 1.60. The van der Waals surface area contributed by atoms with Gasteiger partial charge in [0.2, 0.25) is 0 Å². The third-order valence-corrected chi connectivity index (χ3v) is 3.63. The van der Waals surface area contributed by atoms with Crippen molar-refractivity contribution < 1.29 is 9.18 Å². The number of pyridine rings is 1. The molecule has 0 radical (unpaired) electrons. The fourth-order valence-corrected chi connectivity index (χ4v) is 2.51. The van der Waals surface area contributed by atoms with Gasteiger partial charge < -0.3 is 4.90 Å². The number of anilines is 1. The van der Waals surface area contributed by atoms with E-state index < -0.39 is 5.82 Å². The third-order valence-electron chi connectivity index (χ3n) is 3.63. The fraction of sp³-hybridized carbons (Fsp3) is 0.357. The standard InChI is InChI=1S/C14H16FN5O/c1-19-8-11(6-17-19)10-4-5-20(9-10)14(21)18-13-3-2-12(15)7-16-13/h2-3,6-8,10H,4-5,9H2,1H3,(H,16,18,21)/t10-/m1/s1. The molecule has 2 aromatic rings. The maximum atomic E-state index is 12.8. The molecule has 0 aliphatic carbocycles. The Kier molecular flexibility index (Phi) is 3.55. The molecule has 2 aromatic heterocycles. The molecule has 7 heteroatoms. The van der Waals surface area contributed by atoms with Crippen LogP contribution in [0.1, 0.15) is 17.9 Å². The molecule has 1 N–H and O–H groups in total. The van der Waals surface area contributed by atoms with Crippen molar-refractivity contribution in [2.24, 2.45) is 7.05 Å². The van der Waals surface area contributed by atoms with Crippen LogP contribution in [0.25, 0.3) is 0 Å². The van der Waals surface area contributed by atoms with Crippen LogP contribution in [0.15, 0.2) is 30.7 Å². The summed E-state index contributed by atoms with van der Waals surface area (Å²) in [6.07, 6.45) is 5.81. The van der Waals surface area contributed by atoms with E-state index in [1.54, 1.807) is 9.58 Å². The van der Waals surface area contributed by atoms with Crippen molar-refractivity contribution in [1.82, 2.24) is 19.7 Å². The normalized spacial score (nSPS) is 18.0. The van der Waals surface area contributed by atoms with E-state index in [2.05, 4.69) is 15.4 Å². The molecular formula is C14H16FN5O. The van der Waals surface area contributed by atoms with Gasteiger partial charge in [-0.2, -0.15) is 5.10 Å². The lowest BCUT2D eigenvalue weighted by Crippen LogP contribution is -2.33. The van der Waals surface area contributed by atoms with E-state index >= 15 is 0 Å². The summed E-state index contributed by atoms with van der Waals surface area (Å²) in [6, 6.07) is 2.51. The molecule has 0 spiro atoms. The SMILES string of the molecule is Cn1cc([C@@H]2CCN(C(=O)Nc3ccc(F)cn3)C2)cn1. The van der Waals surface area contributed by atoms with E-state index in [1.807, 2.05) is 19.4 Å². The summed E-state index contributed by atoms with van der Waals surface area (Å²) in [4.78, 5) is 17.7. The predicted octanol–water partition coefficient (Wildman–Crippen LogP) is 1.98. The fourth-order valence-electron chi connectivity index (χ4n) is 2.51. The van der Waals surface area contributed by atoms with Crippen LogP contribution in [-0.4, -0.2) is 38.8 Å². The molecule has 0 unspecified atom stereocenters. The van der Waals surface area contributed by atoms with E-state index in [4.69, 9.17) is 0 Å². The van der Waals surface area contributed by atoms with Crippen LogP contribution < -0.4 is 5.32 Å². The van der Waals surface area contributed by atoms with Gasteiger partial charge in [-0.1, -0.05) is 0 Å². The molecule has 3 rings (SSSR count). The Hall–Kier alpha value is -2.44. The minimum Gasteiger partial charge on any atom is -0.324 e. The van der Waals surface area contributed by atoms with Crippen molar-refractivity contribution >= 4 is 11.8 Å². The molecule has 1 saturated heterocycles. The second kappa shape index (κ2) is 5.51. The first-order valence-corrected chi connectivity index (χ1v) is 6.78. The Morgan fingerprint density at radius 2 is 2.29 bits per heavy atom. The summed E-state index contributed by atoms with van der Waals surface area (Å²) < 4.78 is 14.5. The largest absolute Gasteiger partial charge is 0.324 e. The van der Waals surface area contributed by atoms with Crippen LogP contribution in [0.4, 0.5) is 15.0 Å². The monoisotopic (exact) mass is 289 g/mol. The van der Waals surface area contributed by atoms with Gasteiger partial charge in [0.05, 0.1) is 12.4 Å². The van der Waals surface area contributed by atoms with Gasteiger partial charge in [-0.15, -0.1) is 0 Å². The summed E-state index contributed by atoms with van der Waals surface area (Å²) in [5, 5.41) is 6.84. The molecule has 110 valence electrons. The van der Waals surface area contributed by atoms with Gasteiger partial charge in [-0.3, -0.25) is 10.00 Å². The molecule has 1 aliphatic rings. The highest BCUT2D eigenvalue weighted by Crippen LogP contribution is 2.26. The van der Waals surface area contributed by atoms with E-state index in [-0.39, 0.29) is 6.03 Å². The zero-order valence-electron chi connectivity index (χ0n) is 11.7. The number of nitrogens with one attached hydrogen (secondary N) is 1. The smallest absolute Gasteiger partial charge is 0.323 e. The van der Waals surface area contributed by atoms with Crippen molar-refractivity contribution in [2.45, 2.75) is 12.3 Å². The van der Waals surface area contributed by atoms with Gasteiger partial charge in [0.25, 0.3) is 0 Å². The van der Waals surface area contributed by atoms with Crippen molar-refractivity contribution in [2.75, 3.05) is 18.4 Å². The maximum absolute atomic E-state index is 12.8. The summed E-state index contributed by atoms with van der Waals surface area (Å²) >= 11 is 0. The molecule has 6 nitrogen and oxygen atoms in total. The van der Waals surface area contributed by atoms with Gasteiger partial charge in [0, 0.05) is 32.3 Å². The molecule has 0 aromatic carbocycles. The van der Waals surface area contributed by atoms with Crippen LogP contribution in [0.2, 0.25) is 0 Å². The minimum atomic E-state index is -0.425. The second-order valence-corrected chi connectivity index (χ2v) is 5.17. The molecule has 21 heavy (non-hydrogen) atoms. The number of halogens is 1. The number of carbonyl (C=O) groups is 1. The van der Waals surface area contributed by atoms with Crippen molar-refractivity contribution in [3.63, 3.8) is 0 Å². The quantitative estimate of drug-likeness (QED) is 0.919. The van der Waals surface area contributed by atoms with E-state index in [0.29, 0.717) is 24.8 Å². The predicted molar refractivity (Wildman–Crippen MR) is 75.4 cm³/mol. The Morgan fingerprint density at radius 3 is 2.95 bits per heavy atom. The number of likely N-dealkylation sites (tertiary alicyclic amines) is 1. The van der Waals surface area contributed by atoms with Gasteiger partial charge in [-0.05, 0) is 24.1 Å². The number of hydrogen-bond donors (Lipinski definition) is 1. The molecular weight excluding hydrogens is 273 g/mol. The first-order valence-electron chi connectivity index (χ1n) is 6.78. The summed E-state index contributed by atoms with van der Waals surface area (Å²) in [5.74, 6) is 0.239. The number of aromatic nitrogens is 3. The number of amides is 2. The number of rotatable bonds is 2. The first kappa shape index (κ1) is 13.5. The molecule has 1 fully saturated rings. The average molecular weight is 289 g/mol. The van der Waals surface area contributed by atoms with Crippen LogP contribution in [0, 0.1) is 5.82 Å². The van der Waals surface area contributed by atoms with Crippen molar-refractivity contribution in [1.29, 1.82) is 0 Å². The number of urea groups is 1. The van der Waals surface area contributed by atoms with Crippen molar-refractivity contribution in [3.8, 4) is 0 Å². The van der Waals surface area contributed by atoms with E-state index in [1.165, 1.54) is 12.1 Å². The molecule has 2 amide bonds. The lowest BCUT2D eigenvalue weighted by atomic mass is 10.0. The maximum Gasteiger partial charge on any atom is 0.323 e. The number of nitrogens with zero attached hydrogens (tertiary/aromatic N) is 4. The highest BCUT2D eigenvalue weighted by molar-refractivity contribution is 5.88. The van der Waals surface area contributed by atoms with Crippen LogP contribution in [-0.2, 0) is 7.05 Å². The molecule has 0 saturated carbocycles. The van der Waals surface area contributed by atoms with E-state index in [0.717, 1.165) is 18.2 Å². The topological polar surface area (TPSA) is 63.1 Å². The summed E-state index contributed by atoms with van der Waals surface area (Å²) in [7, 11) is 1.88. The average Bonchev–Trinajstić information content (AvgIpc) is 3.10. The number of carbonyl (C=O) groups excluding carboxylic acids is 1. The van der Waals surface area contributed by atoms with Crippen molar-refractivity contribution in [3.05, 3.63) is 42.1 Å². The lowest BCUT2D eigenvalue weighted by Gasteiger charge is -2.16. The minimum absolute atomic E-state index is 0.208. The Labute approximate surface area is 121 Å². The second-order valence-electron chi connectivity index (χ2n) is 5.17. The van der Waals surface area contributed by atoms with Crippen LogP contribution in [0.5, 0.6) is 0 Å². The number of aryl methyl sites for hydroxylation is 1. The Morgan fingerprint density at radius 1 is 1.43 bits per heavy atom. The van der Waals surface area contributed by atoms with Gasteiger partial charge >= 0.3 is 6.03 Å². The lowest BCUT2D eigenvalue weighted by molar-refractivity contribution is 0.222. The third kappa shape index (κ3) is 3.01. The molecule has 1 atom stereocenters. The van der Waals surface area contributed by atoms with Gasteiger partial charge in [0.1, 0.15) is 11.6 Å². The molecule has 1 aliphatic heterocycles. The van der Waals surface area contributed by atoms with Crippen LogP contribution in [0.3, 0.4) is 0 Å². The number of hydrogen-bond acceptors (Lipinski definition) is 3. The van der Waals surface area contributed by atoms with E-state index in [9.17, 15) is 9.18 Å². The van der Waals surface area contributed by atoms with Crippen LogP contribution >= 0.6 is 0 Å². The highest BCUT2D eigenvalue weighted by atomic mass is 19.1. The summed E-state index contributed by atoms with van der Waals surface area (Å²) in [6.45, 7) is 1.34. The molecule has 0 bridgehead atoms. The zero-order valence-corrected chi connectivity index (χ0v) is 11.7. The first-order chi connectivity index (χ1) is 10.1.